The molecule has 3 unspecified atom stereocenters. The first kappa shape index (κ1) is 13.8. The number of rotatable bonds is 4. The molecule has 1 aliphatic heterocycles. The van der Waals surface area contributed by atoms with Gasteiger partial charge in [-0.3, -0.25) is 0 Å². The van der Waals surface area contributed by atoms with E-state index in [4.69, 9.17) is 16.3 Å². The quantitative estimate of drug-likeness (QED) is 0.912. The van der Waals surface area contributed by atoms with Crippen molar-refractivity contribution in [2.75, 3.05) is 6.61 Å². The molecule has 1 aliphatic rings. The minimum Gasteiger partial charge on any atom is -0.392 e. The number of aliphatic hydroxyl groups is 1. The van der Waals surface area contributed by atoms with Gasteiger partial charge in [0.2, 0.25) is 0 Å². The van der Waals surface area contributed by atoms with E-state index in [0.717, 1.165) is 12.8 Å². The zero-order valence-corrected chi connectivity index (χ0v) is 11.2. The summed E-state index contributed by atoms with van der Waals surface area (Å²) in [6.45, 7) is 2.72. The molecule has 0 amide bonds. The molecule has 1 N–H and O–H groups in total. The van der Waals surface area contributed by atoms with Crippen molar-refractivity contribution in [2.45, 2.75) is 38.4 Å². The number of benzene rings is 1. The molecule has 4 heteroatoms. The minimum absolute atomic E-state index is 0.0854. The van der Waals surface area contributed by atoms with E-state index >= 15 is 0 Å². The Hall–Kier alpha value is -0.640. The maximum atomic E-state index is 13.8. The Labute approximate surface area is 112 Å². The van der Waals surface area contributed by atoms with Gasteiger partial charge >= 0.3 is 0 Å². The van der Waals surface area contributed by atoms with Gasteiger partial charge in [-0.15, -0.1) is 0 Å². The number of halogens is 2. The summed E-state index contributed by atoms with van der Waals surface area (Å²) in [4.78, 5) is 0. The second kappa shape index (κ2) is 6.00. The maximum absolute atomic E-state index is 13.8. The standard InChI is InChI=1S/C14H18ClFO2/c1-2-13-10(6-7-18-13)12(17)8-9-4-3-5-11(15)14(9)16/h3-5,10,12-13,17H,2,6-8H2,1H3. The predicted molar refractivity (Wildman–Crippen MR) is 69.3 cm³/mol. The Bertz CT molecular complexity index is 411. The number of ether oxygens (including phenoxy) is 1. The Kier molecular flexibility index (Phi) is 4.60. The minimum atomic E-state index is -0.578. The van der Waals surface area contributed by atoms with Crippen LogP contribution in [0.5, 0.6) is 0 Å². The molecule has 0 bridgehead atoms. The monoisotopic (exact) mass is 272 g/mol. The van der Waals surface area contributed by atoms with E-state index in [1.807, 2.05) is 6.92 Å². The third kappa shape index (κ3) is 2.85. The van der Waals surface area contributed by atoms with Gasteiger partial charge in [-0.2, -0.15) is 0 Å². The van der Waals surface area contributed by atoms with Crippen LogP contribution in [-0.4, -0.2) is 23.9 Å². The first-order valence-corrected chi connectivity index (χ1v) is 6.73. The number of hydrogen-bond acceptors (Lipinski definition) is 2. The molecule has 2 rings (SSSR count). The molecule has 3 atom stereocenters. The SMILES string of the molecule is CCC1OCCC1C(O)Cc1cccc(Cl)c1F. The summed E-state index contributed by atoms with van der Waals surface area (Å²) in [7, 11) is 0. The number of aliphatic hydroxyl groups excluding tert-OH is 1. The van der Waals surface area contributed by atoms with Crippen LogP contribution in [0.1, 0.15) is 25.3 Å². The van der Waals surface area contributed by atoms with Gasteiger partial charge in [0.05, 0.1) is 17.2 Å². The molecular formula is C14H18ClFO2. The summed E-state index contributed by atoms with van der Waals surface area (Å²) in [6.07, 6.45) is 1.51. The van der Waals surface area contributed by atoms with Crippen LogP contribution in [-0.2, 0) is 11.2 Å². The van der Waals surface area contributed by atoms with Crippen LogP contribution in [0.25, 0.3) is 0 Å². The molecule has 1 heterocycles. The fraction of sp³-hybridized carbons (Fsp3) is 0.571. The van der Waals surface area contributed by atoms with Gasteiger partial charge in [0.1, 0.15) is 5.82 Å². The Morgan fingerprint density at radius 1 is 1.56 bits per heavy atom. The van der Waals surface area contributed by atoms with Gasteiger partial charge in [0.15, 0.2) is 0 Å². The van der Waals surface area contributed by atoms with Crippen LogP contribution >= 0.6 is 11.6 Å². The van der Waals surface area contributed by atoms with Crippen molar-refractivity contribution in [2.24, 2.45) is 5.92 Å². The maximum Gasteiger partial charge on any atom is 0.145 e. The molecule has 1 fully saturated rings. The average molecular weight is 273 g/mol. The first-order chi connectivity index (χ1) is 8.63. The van der Waals surface area contributed by atoms with Gasteiger partial charge in [0.25, 0.3) is 0 Å². The van der Waals surface area contributed by atoms with E-state index in [1.54, 1.807) is 12.1 Å². The third-order valence-electron chi connectivity index (χ3n) is 3.62. The summed E-state index contributed by atoms with van der Waals surface area (Å²) in [5, 5.41) is 10.3. The average Bonchev–Trinajstić information content (AvgIpc) is 2.83. The van der Waals surface area contributed by atoms with Crippen molar-refractivity contribution in [3.8, 4) is 0 Å². The molecule has 2 nitrogen and oxygen atoms in total. The molecule has 0 radical (unpaired) electrons. The molecule has 0 aromatic heterocycles. The van der Waals surface area contributed by atoms with Crippen LogP contribution in [0, 0.1) is 11.7 Å². The Balaban J connectivity index is 2.06. The van der Waals surface area contributed by atoms with E-state index < -0.39 is 11.9 Å². The summed E-state index contributed by atoms with van der Waals surface area (Å²) in [5.74, 6) is -0.335. The molecule has 0 aliphatic carbocycles. The van der Waals surface area contributed by atoms with Crippen LogP contribution in [0.3, 0.4) is 0 Å². The molecule has 1 saturated heterocycles. The molecule has 0 saturated carbocycles. The lowest BCUT2D eigenvalue weighted by Gasteiger charge is -2.23. The highest BCUT2D eigenvalue weighted by Gasteiger charge is 2.33. The van der Waals surface area contributed by atoms with E-state index in [9.17, 15) is 9.50 Å². The summed E-state index contributed by atoms with van der Waals surface area (Å²) < 4.78 is 19.3. The summed E-state index contributed by atoms with van der Waals surface area (Å²) >= 11 is 5.73. The van der Waals surface area contributed by atoms with Crippen LogP contribution in [0.2, 0.25) is 5.02 Å². The topological polar surface area (TPSA) is 29.5 Å². The fourth-order valence-electron chi connectivity index (χ4n) is 2.61. The van der Waals surface area contributed by atoms with Crippen molar-refractivity contribution in [3.63, 3.8) is 0 Å². The van der Waals surface area contributed by atoms with Crippen LogP contribution < -0.4 is 0 Å². The summed E-state index contributed by atoms with van der Waals surface area (Å²) in [5.41, 5.74) is 0.469. The number of hydrogen-bond donors (Lipinski definition) is 1. The normalized spacial score (nSPS) is 25.3. The van der Waals surface area contributed by atoms with Crippen molar-refractivity contribution < 1.29 is 14.2 Å². The van der Waals surface area contributed by atoms with Crippen LogP contribution in [0.4, 0.5) is 4.39 Å². The zero-order chi connectivity index (χ0) is 13.1. The third-order valence-corrected chi connectivity index (χ3v) is 3.91. The summed E-state index contributed by atoms with van der Waals surface area (Å²) in [6, 6.07) is 4.89. The van der Waals surface area contributed by atoms with Crippen molar-refractivity contribution >= 4 is 11.6 Å². The first-order valence-electron chi connectivity index (χ1n) is 6.36. The fourth-order valence-corrected chi connectivity index (χ4v) is 2.80. The Morgan fingerprint density at radius 3 is 3.06 bits per heavy atom. The van der Waals surface area contributed by atoms with E-state index in [-0.39, 0.29) is 23.5 Å². The van der Waals surface area contributed by atoms with Gasteiger partial charge in [-0.1, -0.05) is 30.7 Å². The molecule has 0 spiro atoms. The molecule has 1 aromatic rings. The van der Waals surface area contributed by atoms with Gasteiger partial charge in [-0.25, -0.2) is 4.39 Å². The lowest BCUT2D eigenvalue weighted by molar-refractivity contribution is 0.0314. The predicted octanol–water partition coefficient (Wildman–Crippen LogP) is 3.20. The van der Waals surface area contributed by atoms with Crippen molar-refractivity contribution in [1.82, 2.24) is 0 Å². The van der Waals surface area contributed by atoms with Gasteiger partial charge < -0.3 is 9.84 Å². The largest absolute Gasteiger partial charge is 0.392 e. The van der Waals surface area contributed by atoms with Crippen molar-refractivity contribution in [3.05, 3.63) is 34.6 Å². The highest BCUT2D eigenvalue weighted by Crippen LogP contribution is 2.29. The lowest BCUT2D eigenvalue weighted by Crippen LogP contribution is -2.29. The Morgan fingerprint density at radius 2 is 2.33 bits per heavy atom. The van der Waals surface area contributed by atoms with Crippen molar-refractivity contribution in [1.29, 1.82) is 0 Å². The van der Waals surface area contributed by atoms with Gasteiger partial charge in [-0.05, 0) is 24.5 Å². The highest BCUT2D eigenvalue weighted by molar-refractivity contribution is 6.30. The second-order valence-electron chi connectivity index (χ2n) is 4.75. The molecule has 1 aromatic carbocycles. The smallest absolute Gasteiger partial charge is 0.145 e. The van der Waals surface area contributed by atoms with Gasteiger partial charge in [0, 0.05) is 18.9 Å². The lowest BCUT2D eigenvalue weighted by atomic mass is 9.89. The molecular weight excluding hydrogens is 255 g/mol. The van der Waals surface area contributed by atoms with Crippen LogP contribution in [0.15, 0.2) is 18.2 Å². The molecule has 100 valence electrons. The van der Waals surface area contributed by atoms with E-state index in [0.29, 0.717) is 12.2 Å². The zero-order valence-electron chi connectivity index (χ0n) is 10.4. The second-order valence-corrected chi connectivity index (χ2v) is 5.16. The van der Waals surface area contributed by atoms with E-state index in [1.165, 1.54) is 6.07 Å². The highest BCUT2D eigenvalue weighted by atomic mass is 35.5. The molecule has 18 heavy (non-hydrogen) atoms. The van der Waals surface area contributed by atoms with E-state index in [2.05, 4.69) is 0 Å².